The lowest BCUT2D eigenvalue weighted by molar-refractivity contribution is 0.0498. The van der Waals surface area contributed by atoms with E-state index in [-0.39, 0.29) is 5.54 Å². The highest BCUT2D eigenvalue weighted by Gasteiger charge is 2.37. The lowest BCUT2D eigenvalue weighted by atomic mass is 9.80. The van der Waals surface area contributed by atoms with Crippen molar-refractivity contribution in [2.75, 3.05) is 7.11 Å². The van der Waals surface area contributed by atoms with E-state index >= 15 is 0 Å². The monoisotopic (exact) mass is 250 g/mol. The van der Waals surface area contributed by atoms with Gasteiger partial charge < -0.3 is 4.74 Å². The number of ether oxygens (including phenoxy) is 1. The van der Waals surface area contributed by atoms with E-state index in [1.165, 1.54) is 38.5 Å². The third-order valence-corrected chi connectivity index (χ3v) is 4.67. The first-order valence-corrected chi connectivity index (χ1v) is 7.50. The van der Waals surface area contributed by atoms with Gasteiger partial charge in [-0.15, -0.1) is 0 Å². The SMILES string of the molecule is COC1CCC(C#N)(NC2CCCCCC2)CC1. The predicted molar refractivity (Wildman–Crippen MR) is 72.2 cm³/mol. The van der Waals surface area contributed by atoms with Gasteiger partial charge in [-0.3, -0.25) is 5.32 Å². The minimum Gasteiger partial charge on any atom is -0.381 e. The van der Waals surface area contributed by atoms with Crippen LogP contribution in [0.5, 0.6) is 0 Å². The van der Waals surface area contributed by atoms with E-state index in [1.807, 2.05) is 0 Å². The van der Waals surface area contributed by atoms with Gasteiger partial charge in [0.05, 0.1) is 12.2 Å². The maximum atomic E-state index is 9.55. The van der Waals surface area contributed by atoms with Crippen LogP contribution >= 0.6 is 0 Å². The molecule has 2 aliphatic rings. The lowest BCUT2D eigenvalue weighted by Crippen LogP contribution is -2.52. The number of rotatable bonds is 3. The fourth-order valence-electron chi connectivity index (χ4n) is 3.42. The van der Waals surface area contributed by atoms with E-state index in [0.717, 1.165) is 25.7 Å². The van der Waals surface area contributed by atoms with Gasteiger partial charge in [-0.05, 0) is 38.5 Å². The molecule has 102 valence electrons. The summed E-state index contributed by atoms with van der Waals surface area (Å²) in [7, 11) is 1.78. The molecule has 0 aromatic carbocycles. The van der Waals surface area contributed by atoms with E-state index < -0.39 is 0 Å². The van der Waals surface area contributed by atoms with Crippen molar-refractivity contribution in [1.82, 2.24) is 5.32 Å². The van der Waals surface area contributed by atoms with E-state index in [1.54, 1.807) is 7.11 Å². The Morgan fingerprint density at radius 2 is 1.67 bits per heavy atom. The molecule has 0 aromatic rings. The Morgan fingerprint density at radius 1 is 1.06 bits per heavy atom. The van der Waals surface area contributed by atoms with Gasteiger partial charge in [0.25, 0.3) is 0 Å². The van der Waals surface area contributed by atoms with Crippen LogP contribution in [0.25, 0.3) is 0 Å². The van der Waals surface area contributed by atoms with Crippen LogP contribution in [0.2, 0.25) is 0 Å². The molecule has 3 nitrogen and oxygen atoms in total. The quantitative estimate of drug-likeness (QED) is 0.783. The van der Waals surface area contributed by atoms with Gasteiger partial charge in [-0.2, -0.15) is 5.26 Å². The second-order valence-corrected chi connectivity index (χ2v) is 5.96. The van der Waals surface area contributed by atoms with Crippen LogP contribution in [0.3, 0.4) is 0 Å². The Labute approximate surface area is 111 Å². The number of hydrogen-bond acceptors (Lipinski definition) is 3. The molecule has 1 N–H and O–H groups in total. The van der Waals surface area contributed by atoms with E-state index in [2.05, 4.69) is 11.4 Å². The van der Waals surface area contributed by atoms with Crippen LogP contribution in [0.4, 0.5) is 0 Å². The molecule has 2 aliphatic carbocycles. The van der Waals surface area contributed by atoms with Gasteiger partial charge in [-0.1, -0.05) is 25.7 Å². The van der Waals surface area contributed by atoms with Crippen LogP contribution in [-0.2, 0) is 4.74 Å². The molecule has 0 amide bonds. The van der Waals surface area contributed by atoms with Crippen molar-refractivity contribution in [3.63, 3.8) is 0 Å². The summed E-state index contributed by atoms with van der Waals surface area (Å²) in [6.45, 7) is 0. The van der Waals surface area contributed by atoms with Crippen LogP contribution in [0.15, 0.2) is 0 Å². The van der Waals surface area contributed by atoms with Crippen molar-refractivity contribution in [2.24, 2.45) is 0 Å². The molecule has 0 aromatic heterocycles. The fraction of sp³-hybridized carbons (Fsp3) is 0.933. The molecule has 2 saturated carbocycles. The smallest absolute Gasteiger partial charge is 0.107 e. The maximum Gasteiger partial charge on any atom is 0.107 e. The molecule has 0 bridgehead atoms. The van der Waals surface area contributed by atoms with Gasteiger partial charge in [0.2, 0.25) is 0 Å². The lowest BCUT2D eigenvalue weighted by Gasteiger charge is -2.38. The second kappa shape index (κ2) is 6.54. The average molecular weight is 250 g/mol. The molecule has 0 aliphatic heterocycles. The molecule has 0 unspecified atom stereocenters. The largest absolute Gasteiger partial charge is 0.381 e. The van der Waals surface area contributed by atoms with Crippen molar-refractivity contribution >= 4 is 0 Å². The molecular weight excluding hydrogens is 224 g/mol. The summed E-state index contributed by atoms with van der Waals surface area (Å²) in [6, 6.07) is 3.12. The van der Waals surface area contributed by atoms with Crippen molar-refractivity contribution in [3.05, 3.63) is 0 Å². The van der Waals surface area contributed by atoms with Gasteiger partial charge in [0.1, 0.15) is 5.54 Å². The topological polar surface area (TPSA) is 45.0 Å². The molecule has 0 radical (unpaired) electrons. The zero-order valence-electron chi connectivity index (χ0n) is 11.6. The highest BCUT2D eigenvalue weighted by Crippen LogP contribution is 2.31. The predicted octanol–water partition coefficient (Wildman–Crippen LogP) is 3.15. The summed E-state index contributed by atoms with van der Waals surface area (Å²) in [4.78, 5) is 0. The second-order valence-electron chi connectivity index (χ2n) is 5.96. The van der Waals surface area contributed by atoms with Gasteiger partial charge in [0.15, 0.2) is 0 Å². The number of methoxy groups -OCH3 is 1. The number of nitriles is 1. The highest BCUT2D eigenvalue weighted by molar-refractivity contribution is 5.10. The zero-order chi connectivity index (χ0) is 12.8. The van der Waals surface area contributed by atoms with Crippen molar-refractivity contribution in [1.29, 1.82) is 5.26 Å². The summed E-state index contributed by atoms with van der Waals surface area (Å²) in [6.07, 6.45) is 12.1. The Hall–Kier alpha value is -0.590. The number of nitrogens with zero attached hydrogens (tertiary/aromatic N) is 1. The fourth-order valence-corrected chi connectivity index (χ4v) is 3.42. The third kappa shape index (κ3) is 3.46. The molecule has 0 heterocycles. The first-order chi connectivity index (χ1) is 8.78. The van der Waals surface area contributed by atoms with Crippen LogP contribution in [-0.4, -0.2) is 24.8 Å². The van der Waals surface area contributed by atoms with Crippen molar-refractivity contribution in [2.45, 2.75) is 81.9 Å². The first-order valence-electron chi connectivity index (χ1n) is 7.50. The normalized spacial score (nSPS) is 34.8. The minimum absolute atomic E-state index is 0.274. The van der Waals surface area contributed by atoms with Crippen LogP contribution in [0.1, 0.15) is 64.2 Å². The molecule has 0 spiro atoms. The first kappa shape index (κ1) is 13.8. The molecule has 2 rings (SSSR count). The number of hydrogen-bond donors (Lipinski definition) is 1. The van der Waals surface area contributed by atoms with Crippen molar-refractivity contribution < 1.29 is 4.74 Å². The average Bonchev–Trinajstić information content (AvgIpc) is 2.68. The molecule has 0 saturated heterocycles. The zero-order valence-corrected chi connectivity index (χ0v) is 11.6. The van der Waals surface area contributed by atoms with Gasteiger partial charge in [-0.25, -0.2) is 0 Å². The van der Waals surface area contributed by atoms with Gasteiger partial charge in [0, 0.05) is 13.2 Å². The van der Waals surface area contributed by atoms with E-state index in [9.17, 15) is 5.26 Å². The summed E-state index contributed by atoms with van der Waals surface area (Å²) in [5.74, 6) is 0. The number of nitrogens with one attached hydrogen (secondary N) is 1. The summed E-state index contributed by atoms with van der Waals surface area (Å²) < 4.78 is 5.40. The minimum atomic E-state index is -0.274. The molecule has 0 atom stereocenters. The maximum absolute atomic E-state index is 9.55. The molecule has 2 fully saturated rings. The Kier molecular flexibility index (Phi) is 5.03. The molecule has 3 heteroatoms. The summed E-state index contributed by atoms with van der Waals surface area (Å²) in [5, 5.41) is 13.2. The summed E-state index contributed by atoms with van der Waals surface area (Å²) in [5.41, 5.74) is -0.274. The van der Waals surface area contributed by atoms with Crippen LogP contribution in [0, 0.1) is 11.3 Å². The summed E-state index contributed by atoms with van der Waals surface area (Å²) >= 11 is 0. The third-order valence-electron chi connectivity index (χ3n) is 4.67. The van der Waals surface area contributed by atoms with Crippen molar-refractivity contribution in [3.8, 4) is 6.07 Å². The highest BCUT2D eigenvalue weighted by atomic mass is 16.5. The molecular formula is C15H26N2O. The Bertz CT molecular complexity index is 281. The van der Waals surface area contributed by atoms with Crippen LogP contribution < -0.4 is 5.32 Å². The van der Waals surface area contributed by atoms with E-state index in [4.69, 9.17) is 4.74 Å². The Balaban J connectivity index is 1.90. The van der Waals surface area contributed by atoms with E-state index in [0.29, 0.717) is 12.1 Å². The molecule has 18 heavy (non-hydrogen) atoms. The Morgan fingerprint density at radius 3 is 2.17 bits per heavy atom. The van der Waals surface area contributed by atoms with Gasteiger partial charge >= 0.3 is 0 Å². The standard InChI is InChI=1S/C15H26N2O/c1-18-14-8-10-15(12-16,11-9-14)17-13-6-4-2-3-5-7-13/h13-14,17H,2-11H2,1H3.